The Morgan fingerprint density at radius 2 is 1.89 bits per heavy atom. The molecule has 0 saturated carbocycles. The van der Waals surface area contributed by atoms with Crippen molar-refractivity contribution in [2.24, 2.45) is 0 Å². The standard InChI is InChI=1S/C21H17F3N2O2/c22-21(23,24)15-8-10-25-19(12-15)28-16-9-11-26(13-16)20(27)18-7-3-5-14-4-1-2-6-17(14)18/h1-8,10,12,16H,9,11,13H2/t16-/m0/s1. The molecule has 0 spiro atoms. The van der Waals surface area contributed by atoms with E-state index in [2.05, 4.69) is 4.98 Å². The molecule has 1 atom stereocenters. The van der Waals surface area contributed by atoms with Crippen molar-refractivity contribution in [1.82, 2.24) is 9.88 Å². The second-order valence-corrected chi connectivity index (χ2v) is 6.69. The number of halogens is 3. The fraction of sp³-hybridized carbons (Fsp3) is 0.238. The third kappa shape index (κ3) is 3.65. The van der Waals surface area contributed by atoms with Crippen LogP contribution in [0.4, 0.5) is 13.2 Å². The molecule has 1 aliphatic rings. The Morgan fingerprint density at radius 1 is 1.11 bits per heavy atom. The number of fused-ring (bicyclic) bond motifs is 1. The van der Waals surface area contributed by atoms with Gasteiger partial charge in [-0.15, -0.1) is 0 Å². The molecule has 4 rings (SSSR count). The summed E-state index contributed by atoms with van der Waals surface area (Å²) in [5, 5.41) is 1.85. The van der Waals surface area contributed by atoms with Crippen LogP contribution in [0, 0.1) is 0 Å². The van der Waals surface area contributed by atoms with Crippen LogP contribution >= 0.6 is 0 Å². The lowest BCUT2D eigenvalue weighted by Gasteiger charge is -2.18. The van der Waals surface area contributed by atoms with Crippen LogP contribution in [0.2, 0.25) is 0 Å². The predicted octanol–water partition coefficient (Wildman–Crippen LogP) is 4.55. The van der Waals surface area contributed by atoms with E-state index in [1.54, 1.807) is 11.0 Å². The molecule has 3 aromatic rings. The number of amides is 1. The monoisotopic (exact) mass is 386 g/mol. The van der Waals surface area contributed by atoms with Gasteiger partial charge in [0.15, 0.2) is 0 Å². The van der Waals surface area contributed by atoms with Crippen molar-refractivity contribution in [3.63, 3.8) is 0 Å². The van der Waals surface area contributed by atoms with Crippen LogP contribution in [-0.2, 0) is 6.18 Å². The fourth-order valence-corrected chi connectivity index (χ4v) is 3.41. The van der Waals surface area contributed by atoms with Crippen LogP contribution < -0.4 is 4.74 Å². The summed E-state index contributed by atoms with van der Waals surface area (Å²) in [6.45, 7) is 0.783. The van der Waals surface area contributed by atoms with E-state index in [-0.39, 0.29) is 11.8 Å². The number of carbonyl (C=O) groups is 1. The van der Waals surface area contributed by atoms with Crippen molar-refractivity contribution in [2.75, 3.05) is 13.1 Å². The number of benzene rings is 2. The largest absolute Gasteiger partial charge is 0.472 e. The summed E-state index contributed by atoms with van der Waals surface area (Å²) >= 11 is 0. The Labute approximate surface area is 159 Å². The van der Waals surface area contributed by atoms with Gasteiger partial charge >= 0.3 is 6.18 Å². The van der Waals surface area contributed by atoms with Crippen molar-refractivity contribution in [1.29, 1.82) is 0 Å². The molecule has 1 aliphatic heterocycles. The SMILES string of the molecule is O=C(c1cccc2ccccc12)N1CC[C@H](Oc2cc(C(F)(F)F)ccn2)C1. The van der Waals surface area contributed by atoms with Gasteiger partial charge in [0, 0.05) is 30.8 Å². The lowest BCUT2D eigenvalue weighted by atomic mass is 10.0. The minimum atomic E-state index is -4.45. The first kappa shape index (κ1) is 18.3. The second kappa shape index (κ2) is 7.14. The molecule has 0 N–H and O–H groups in total. The zero-order valence-corrected chi connectivity index (χ0v) is 14.8. The minimum absolute atomic E-state index is 0.0840. The van der Waals surface area contributed by atoms with Gasteiger partial charge in [-0.3, -0.25) is 4.79 Å². The first-order chi connectivity index (χ1) is 13.4. The molecule has 2 aromatic carbocycles. The zero-order valence-electron chi connectivity index (χ0n) is 14.8. The van der Waals surface area contributed by atoms with Crippen LogP contribution in [0.5, 0.6) is 5.88 Å². The molecule has 1 saturated heterocycles. The van der Waals surface area contributed by atoms with E-state index in [1.807, 2.05) is 36.4 Å². The lowest BCUT2D eigenvalue weighted by Crippen LogP contribution is -2.31. The highest BCUT2D eigenvalue weighted by molar-refractivity contribution is 6.07. The summed E-state index contributed by atoms with van der Waals surface area (Å²) in [5.74, 6) is -0.195. The maximum atomic E-state index is 13.0. The molecule has 28 heavy (non-hydrogen) atoms. The van der Waals surface area contributed by atoms with E-state index < -0.39 is 17.8 Å². The number of pyridine rings is 1. The van der Waals surface area contributed by atoms with Crippen LogP contribution in [0.3, 0.4) is 0 Å². The number of carbonyl (C=O) groups excluding carboxylic acids is 1. The topological polar surface area (TPSA) is 42.4 Å². The van der Waals surface area contributed by atoms with E-state index in [4.69, 9.17) is 4.74 Å². The highest BCUT2D eigenvalue weighted by atomic mass is 19.4. The number of nitrogens with zero attached hydrogens (tertiary/aromatic N) is 2. The van der Waals surface area contributed by atoms with Gasteiger partial charge in [-0.1, -0.05) is 36.4 Å². The summed E-state index contributed by atoms with van der Waals surface area (Å²) < 4.78 is 44.1. The van der Waals surface area contributed by atoms with E-state index in [0.717, 1.165) is 29.1 Å². The second-order valence-electron chi connectivity index (χ2n) is 6.69. The van der Waals surface area contributed by atoms with E-state index in [9.17, 15) is 18.0 Å². The van der Waals surface area contributed by atoms with Crippen molar-refractivity contribution >= 4 is 16.7 Å². The first-order valence-corrected chi connectivity index (χ1v) is 8.89. The number of ether oxygens (including phenoxy) is 1. The van der Waals surface area contributed by atoms with Crippen molar-refractivity contribution < 1.29 is 22.7 Å². The number of alkyl halides is 3. The number of hydrogen-bond donors (Lipinski definition) is 0. The minimum Gasteiger partial charge on any atom is -0.472 e. The summed E-state index contributed by atoms with van der Waals surface area (Å²) in [6, 6.07) is 15.0. The average molecular weight is 386 g/mol. The Balaban J connectivity index is 1.48. The third-order valence-corrected chi connectivity index (χ3v) is 4.80. The van der Waals surface area contributed by atoms with Gasteiger partial charge in [0.05, 0.1) is 12.1 Å². The van der Waals surface area contributed by atoms with Gasteiger partial charge < -0.3 is 9.64 Å². The third-order valence-electron chi connectivity index (χ3n) is 4.80. The van der Waals surface area contributed by atoms with Crippen LogP contribution in [0.25, 0.3) is 10.8 Å². The fourth-order valence-electron chi connectivity index (χ4n) is 3.41. The Kier molecular flexibility index (Phi) is 4.66. The van der Waals surface area contributed by atoms with Gasteiger partial charge in [-0.2, -0.15) is 13.2 Å². The van der Waals surface area contributed by atoms with Gasteiger partial charge in [0.25, 0.3) is 5.91 Å². The highest BCUT2D eigenvalue weighted by Crippen LogP contribution is 2.31. The first-order valence-electron chi connectivity index (χ1n) is 8.89. The molecule has 1 aromatic heterocycles. The average Bonchev–Trinajstić information content (AvgIpc) is 3.15. The van der Waals surface area contributed by atoms with Gasteiger partial charge in [0.2, 0.25) is 5.88 Å². The molecule has 0 aliphatic carbocycles. The predicted molar refractivity (Wildman–Crippen MR) is 98.1 cm³/mol. The quantitative estimate of drug-likeness (QED) is 0.663. The zero-order chi connectivity index (χ0) is 19.7. The molecular weight excluding hydrogens is 369 g/mol. The van der Waals surface area contributed by atoms with Crippen LogP contribution in [-0.4, -0.2) is 35.0 Å². The molecule has 7 heteroatoms. The number of hydrogen-bond acceptors (Lipinski definition) is 3. The molecular formula is C21H17F3N2O2. The normalized spacial score (nSPS) is 17.1. The van der Waals surface area contributed by atoms with Crippen molar-refractivity contribution in [3.8, 4) is 5.88 Å². The summed E-state index contributed by atoms with van der Waals surface area (Å²) in [7, 11) is 0. The summed E-state index contributed by atoms with van der Waals surface area (Å²) in [5.41, 5.74) is -0.199. The van der Waals surface area contributed by atoms with Crippen LogP contribution in [0.15, 0.2) is 60.8 Å². The van der Waals surface area contributed by atoms with Gasteiger partial charge in [-0.25, -0.2) is 4.98 Å². The highest BCUT2D eigenvalue weighted by Gasteiger charge is 2.32. The Hall–Kier alpha value is -3.09. The maximum absolute atomic E-state index is 13.0. The molecule has 2 heterocycles. The molecule has 0 bridgehead atoms. The van der Waals surface area contributed by atoms with Crippen LogP contribution in [0.1, 0.15) is 22.3 Å². The molecule has 144 valence electrons. The molecule has 1 fully saturated rings. The van der Waals surface area contributed by atoms with Gasteiger partial charge in [0.1, 0.15) is 6.10 Å². The van der Waals surface area contributed by atoms with Crippen molar-refractivity contribution in [2.45, 2.75) is 18.7 Å². The van der Waals surface area contributed by atoms with Gasteiger partial charge in [-0.05, 0) is 22.9 Å². The molecule has 1 amide bonds. The number of likely N-dealkylation sites (tertiary alicyclic amines) is 1. The summed E-state index contributed by atoms with van der Waals surface area (Å²) in [6.07, 6.45) is -3.23. The van der Waals surface area contributed by atoms with E-state index in [1.165, 1.54) is 0 Å². The summed E-state index contributed by atoms with van der Waals surface area (Å²) in [4.78, 5) is 18.5. The van der Waals surface area contributed by atoms with E-state index in [0.29, 0.717) is 25.1 Å². The molecule has 0 radical (unpaired) electrons. The lowest BCUT2D eigenvalue weighted by molar-refractivity contribution is -0.137. The van der Waals surface area contributed by atoms with Crippen molar-refractivity contribution in [3.05, 3.63) is 71.9 Å². The maximum Gasteiger partial charge on any atom is 0.416 e. The molecule has 4 nitrogen and oxygen atoms in total. The molecule has 0 unspecified atom stereocenters. The Bertz CT molecular complexity index is 1010. The van der Waals surface area contributed by atoms with E-state index >= 15 is 0 Å². The Morgan fingerprint density at radius 3 is 2.71 bits per heavy atom. The smallest absolute Gasteiger partial charge is 0.416 e. The number of aromatic nitrogens is 1. The number of rotatable bonds is 3.